The molecule has 1 aliphatic heterocycles. The van der Waals surface area contributed by atoms with Crippen molar-refractivity contribution in [2.24, 2.45) is 7.05 Å². The maximum absolute atomic E-state index is 12.7. The molecular weight excluding hydrogens is 334 g/mol. The van der Waals surface area contributed by atoms with Gasteiger partial charge in [0.05, 0.1) is 24.5 Å². The zero-order valence-electron chi connectivity index (χ0n) is 15.4. The number of fused-ring (bicyclic) bond motifs is 1. The predicted octanol–water partition coefficient (Wildman–Crippen LogP) is 1.74. The van der Waals surface area contributed by atoms with Crippen molar-refractivity contribution in [3.63, 3.8) is 0 Å². The fraction of sp³-hybridized carbons (Fsp3) is 0.474. The van der Waals surface area contributed by atoms with Gasteiger partial charge in [-0.25, -0.2) is 0 Å². The maximum Gasteiger partial charge on any atom is 0.272 e. The number of carbonyl (C=O) groups is 1. The van der Waals surface area contributed by atoms with E-state index in [1.54, 1.807) is 4.68 Å². The summed E-state index contributed by atoms with van der Waals surface area (Å²) >= 11 is 0. The number of amides is 1. The number of aromatic nitrogens is 2. The number of nitrogens with zero attached hydrogens (tertiary/aromatic N) is 2. The number of nitrogens with one attached hydrogen (secondary N) is 1. The largest absolute Gasteiger partial charge is 0.491 e. The summed E-state index contributed by atoms with van der Waals surface area (Å²) in [6.45, 7) is 4.47. The third-order valence-corrected chi connectivity index (χ3v) is 4.48. The van der Waals surface area contributed by atoms with Crippen LogP contribution in [0.4, 0.5) is 0 Å². The smallest absolute Gasteiger partial charge is 0.272 e. The van der Waals surface area contributed by atoms with Gasteiger partial charge < -0.3 is 19.9 Å². The van der Waals surface area contributed by atoms with Crippen LogP contribution in [0, 0.1) is 0 Å². The lowest BCUT2D eigenvalue weighted by Gasteiger charge is -2.26. The molecule has 1 aliphatic rings. The Morgan fingerprint density at radius 2 is 2.19 bits per heavy atom. The SMILES string of the molecule is C[C@@H]1Cc2c(C(=O)NCc3ccccc3OCCO)nn(C)c2[C@H](C)O1. The fourth-order valence-electron chi connectivity index (χ4n) is 3.43. The summed E-state index contributed by atoms with van der Waals surface area (Å²) in [5, 5.41) is 16.3. The Kier molecular flexibility index (Phi) is 5.58. The van der Waals surface area contributed by atoms with Crippen LogP contribution in [0.3, 0.4) is 0 Å². The van der Waals surface area contributed by atoms with Crippen LogP contribution in [0.5, 0.6) is 5.75 Å². The average Bonchev–Trinajstić information content (AvgIpc) is 2.95. The van der Waals surface area contributed by atoms with Gasteiger partial charge in [-0.1, -0.05) is 18.2 Å². The zero-order chi connectivity index (χ0) is 18.7. The van der Waals surface area contributed by atoms with Crippen molar-refractivity contribution in [3.8, 4) is 5.75 Å². The molecule has 0 unspecified atom stereocenters. The van der Waals surface area contributed by atoms with Crippen LogP contribution in [0.1, 0.15) is 47.3 Å². The molecular formula is C19H25N3O4. The van der Waals surface area contributed by atoms with E-state index >= 15 is 0 Å². The standard InChI is InChI=1S/C19H25N3O4/c1-12-10-15-17(21-22(3)18(15)13(2)26-12)19(24)20-11-14-6-4-5-7-16(14)25-9-8-23/h4-7,12-13,23H,8-11H2,1-3H3,(H,20,24)/t12-,13+/m1/s1. The van der Waals surface area contributed by atoms with Crippen molar-refractivity contribution < 1.29 is 19.4 Å². The lowest BCUT2D eigenvalue weighted by Crippen LogP contribution is -2.27. The quantitative estimate of drug-likeness (QED) is 0.821. The second kappa shape index (κ2) is 7.88. The molecule has 3 rings (SSSR count). The molecule has 1 amide bonds. The summed E-state index contributed by atoms with van der Waals surface area (Å²) in [7, 11) is 1.84. The first kappa shape index (κ1) is 18.4. The van der Waals surface area contributed by atoms with Crippen molar-refractivity contribution in [2.45, 2.75) is 39.0 Å². The molecule has 1 aromatic heterocycles. The van der Waals surface area contributed by atoms with Crippen molar-refractivity contribution >= 4 is 5.91 Å². The summed E-state index contributed by atoms with van der Waals surface area (Å²) in [6, 6.07) is 7.45. The molecule has 0 bridgehead atoms. The normalized spacial score (nSPS) is 19.1. The van der Waals surface area contributed by atoms with Crippen LogP contribution in [0.25, 0.3) is 0 Å². The molecule has 0 saturated heterocycles. The van der Waals surface area contributed by atoms with Gasteiger partial charge in [0.1, 0.15) is 12.4 Å². The van der Waals surface area contributed by atoms with Gasteiger partial charge >= 0.3 is 0 Å². The van der Waals surface area contributed by atoms with Crippen LogP contribution >= 0.6 is 0 Å². The molecule has 2 N–H and O–H groups in total. The van der Waals surface area contributed by atoms with Crippen molar-refractivity contribution in [1.29, 1.82) is 0 Å². The number of aryl methyl sites for hydroxylation is 1. The van der Waals surface area contributed by atoms with Gasteiger partial charge in [-0.3, -0.25) is 9.48 Å². The molecule has 140 valence electrons. The van der Waals surface area contributed by atoms with Crippen LogP contribution in [-0.4, -0.2) is 40.1 Å². The monoisotopic (exact) mass is 359 g/mol. The zero-order valence-corrected chi connectivity index (χ0v) is 15.4. The van der Waals surface area contributed by atoms with Crippen LogP contribution < -0.4 is 10.1 Å². The number of para-hydroxylation sites is 1. The van der Waals surface area contributed by atoms with Gasteiger partial charge in [-0.2, -0.15) is 5.10 Å². The third kappa shape index (κ3) is 3.73. The molecule has 2 atom stereocenters. The summed E-state index contributed by atoms with van der Waals surface area (Å²) in [5.74, 6) is 0.445. The molecule has 1 aromatic carbocycles. The highest BCUT2D eigenvalue weighted by Crippen LogP contribution is 2.31. The molecule has 0 fully saturated rings. The Morgan fingerprint density at radius 3 is 2.96 bits per heavy atom. The second-order valence-electron chi connectivity index (χ2n) is 6.49. The van der Waals surface area contributed by atoms with Crippen LogP contribution in [0.15, 0.2) is 24.3 Å². The minimum Gasteiger partial charge on any atom is -0.491 e. The molecule has 0 spiro atoms. The topological polar surface area (TPSA) is 85.6 Å². The number of hydrogen-bond acceptors (Lipinski definition) is 5. The van der Waals surface area contributed by atoms with E-state index in [0.717, 1.165) is 16.8 Å². The Balaban J connectivity index is 1.75. The molecule has 2 heterocycles. The Hall–Kier alpha value is -2.38. The molecule has 0 saturated carbocycles. The summed E-state index contributed by atoms with van der Waals surface area (Å²) in [6.07, 6.45) is 0.646. The van der Waals surface area contributed by atoms with Gasteiger partial charge in [0.25, 0.3) is 5.91 Å². The van der Waals surface area contributed by atoms with Gasteiger partial charge in [0.15, 0.2) is 5.69 Å². The molecule has 0 aliphatic carbocycles. The second-order valence-corrected chi connectivity index (χ2v) is 6.49. The Morgan fingerprint density at radius 1 is 1.42 bits per heavy atom. The molecule has 7 nitrogen and oxygen atoms in total. The van der Waals surface area contributed by atoms with E-state index in [9.17, 15) is 4.79 Å². The number of hydrogen-bond donors (Lipinski definition) is 2. The predicted molar refractivity (Wildman–Crippen MR) is 96.1 cm³/mol. The maximum atomic E-state index is 12.7. The first-order valence-corrected chi connectivity index (χ1v) is 8.82. The van der Waals surface area contributed by atoms with E-state index in [1.165, 1.54) is 0 Å². The lowest BCUT2D eigenvalue weighted by atomic mass is 9.99. The highest BCUT2D eigenvalue weighted by atomic mass is 16.5. The number of carbonyl (C=O) groups excluding carboxylic acids is 1. The van der Waals surface area contributed by atoms with Crippen LogP contribution in [-0.2, 0) is 24.8 Å². The number of benzene rings is 1. The van der Waals surface area contributed by atoms with E-state index in [4.69, 9.17) is 14.6 Å². The van der Waals surface area contributed by atoms with Crippen molar-refractivity contribution in [2.75, 3.05) is 13.2 Å². The van der Waals surface area contributed by atoms with E-state index in [0.29, 0.717) is 24.4 Å². The Bertz CT molecular complexity index is 787. The molecule has 26 heavy (non-hydrogen) atoms. The lowest BCUT2D eigenvalue weighted by molar-refractivity contribution is -0.00903. The van der Waals surface area contributed by atoms with Crippen molar-refractivity contribution in [3.05, 3.63) is 46.8 Å². The number of ether oxygens (including phenoxy) is 2. The van der Waals surface area contributed by atoms with E-state index in [-0.39, 0.29) is 31.3 Å². The fourth-order valence-corrected chi connectivity index (χ4v) is 3.43. The first-order valence-electron chi connectivity index (χ1n) is 8.82. The summed E-state index contributed by atoms with van der Waals surface area (Å²) in [4.78, 5) is 12.7. The highest BCUT2D eigenvalue weighted by molar-refractivity contribution is 5.94. The van der Waals surface area contributed by atoms with Crippen molar-refractivity contribution in [1.82, 2.24) is 15.1 Å². The highest BCUT2D eigenvalue weighted by Gasteiger charge is 2.31. The summed E-state index contributed by atoms with van der Waals surface area (Å²) in [5.41, 5.74) is 3.23. The van der Waals surface area contributed by atoms with Gasteiger partial charge in [0.2, 0.25) is 0 Å². The average molecular weight is 359 g/mol. The van der Waals surface area contributed by atoms with E-state index in [1.807, 2.05) is 45.2 Å². The Labute approximate surface area is 152 Å². The minimum absolute atomic E-state index is 0.0563. The van der Waals surface area contributed by atoms with E-state index < -0.39 is 0 Å². The third-order valence-electron chi connectivity index (χ3n) is 4.48. The number of aliphatic hydroxyl groups excluding tert-OH is 1. The summed E-state index contributed by atoms with van der Waals surface area (Å²) < 4.78 is 13.1. The van der Waals surface area contributed by atoms with Crippen LogP contribution in [0.2, 0.25) is 0 Å². The first-order chi connectivity index (χ1) is 12.5. The van der Waals surface area contributed by atoms with E-state index in [2.05, 4.69) is 10.4 Å². The molecule has 2 aromatic rings. The van der Waals surface area contributed by atoms with Gasteiger partial charge in [0, 0.05) is 31.1 Å². The molecule has 7 heteroatoms. The number of aliphatic hydroxyl groups is 1. The number of rotatable bonds is 6. The van der Waals surface area contributed by atoms with Gasteiger partial charge in [-0.05, 0) is 19.9 Å². The minimum atomic E-state index is -0.208. The van der Waals surface area contributed by atoms with Gasteiger partial charge in [-0.15, -0.1) is 0 Å². The molecule has 0 radical (unpaired) electrons.